The standard InChI is InChI=1S/C17H21NO/c1-2-10-18-17(16-7-4-11-19-16)15-9-8-13-5-3-6-14(13)12-15/h4,7-9,11-12,17-18H,2-3,5-6,10H2,1H3. The maximum absolute atomic E-state index is 5.60. The van der Waals surface area contributed by atoms with E-state index in [9.17, 15) is 0 Å². The molecule has 100 valence electrons. The van der Waals surface area contributed by atoms with Crippen LogP contribution in [0.1, 0.15) is 48.3 Å². The first kappa shape index (κ1) is 12.5. The van der Waals surface area contributed by atoms with Crippen LogP contribution in [0.25, 0.3) is 0 Å². The lowest BCUT2D eigenvalue weighted by atomic mass is 9.99. The largest absolute Gasteiger partial charge is 0.467 e. The van der Waals surface area contributed by atoms with E-state index in [0.717, 1.165) is 18.7 Å². The highest BCUT2D eigenvalue weighted by Gasteiger charge is 2.18. The highest BCUT2D eigenvalue weighted by Crippen LogP contribution is 2.28. The van der Waals surface area contributed by atoms with E-state index >= 15 is 0 Å². The molecule has 0 saturated carbocycles. The van der Waals surface area contributed by atoms with Crippen LogP contribution in [0, 0.1) is 0 Å². The number of rotatable bonds is 5. The first-order valence-electron chi connectivity index (χ1n) is 7.27. The Morgan fingerprint density at radius 1 is 1.21 bits per heavy atom. The minimum Gasteiger partial charge on any atom is -0.467 e. The molecule has 0 saturated heterocycles. The minimum absolute atomic E-state index is 0.181. The number of aryl methyl sites for hydroxylation is 2. The zero-order chi connectivity index (χ0) is 13.1. The zero-order valence-electron chi connectivity index (χ0n) is 11.5. The molecule has 19 heavy (non-hydrogen) atoms. The van der Waals surface area contributed by atoms with Crippen molar-refractivity contribution < 1.29 is 4.42 Å². The van der Waals surface area contributed by atoms with Crippen LogP contribution < -0.4 is 5.32 Å². The van der Waals surface area contributed by atoms with Gasteiger partial charge in [-0.2, -0.15) is 0 Å². The van der Waals surface area contributed by atoms with Gasteiger partial charge in [0.2, 0.25) is 0 Å². The number of hydrogen-bond donors (Lipinski definition) is 1. The third-order valence-electron chi connectivity index (χ3n) is 3.88. The second-order valence-corrected chi connectivity index (χ2v) is 5.28. The Morgan fingerprint density at radius 3 is 2.89 bits per heavy atom. The summed E-state index contributed by atoms with van der Waals surface area (Å²) in [6, 6.07) is 11.1. The van der Waals surface area contributed by atoms with Crippen LogP contribution in [0.2, 0.25) is 0 Å². The lowest BCUT2D eigenvalue weighted by Crippen LogP contribution is -2.22. The molecule has 1 aromatic heterocycles. The average molecular weight is 255 g/mol. The Bertz CT molecular complexity index is 530. The van der Waals surface area contributed by atoms with E-state index in [1.807, 2.05) is 6.07 Å². The molecular weight excluding hydrogens is 234 g/mol. The smallest absolute Gasteiger partial charge is 0.125 e. The molecule has 2 heteroatoms. The van der Waals surface area contributed by atoms with Gasteiger partial charge >= 0.3 is 0 Å². The molecule has 0 aliphatic heterocycles. The second-order valence-electron chi connectivity index (χ2n) is 5.28. The average Bonchev–Trinajstić information content (AvgIpc) is 3.09. The van der Waals surface area contributed by atoms with Crippen LogP contribution in [-0.2, 0) is 12.8 Å². The highest BCUT2D eigenvalue weighted by atomic mass is 16.3. The van der Waals surface area contributed by atoms with E-state index < -0.39 is 0 Å². The van der Waals surface area contributed by atoms with Crippen LogP contribution in [0.5, 0.6) is 0 Å². The minimum atomic E-state index is 0.181. The predicted molar refractivity (Wildman–Crippen MR) is 77.3 cm³/mol. The molecule has 1 aliphatic carbocycles. The number of fused-ring (bicyclic) bond motifs is 1. The van der Waals surface area contributed by atoms with Crippen molar-refractivity contribution in [2.45, 2.75) is 38.6 Å². The summed E-state index contributed by atoms with van der Waals surface area (Å²) < 4.78 is 5.60. The van der Waals surface area contributed by atoms with Gasteiger partial charge in [-0.3, -0.25) is 0 Å². The van der Waals surface area contributed by atoms with Gasteiger partial charge in [0, 0.05) is 0 Å². The molecule has 0 spiro atoms. The Labute approximate surface area is 114 Å². The highest BCUT2D eigenvalue weighted by molar-refractivity contribution is 5.38. The van der Waals surface area contributed by atoms with E-state index in [2.05, 4.69) is 36.5 Å². The summed E-state index contributed by atoms with van der Waals surface area (Å²) in [6.45, 7) is 3.19. The fourth-order valence-electron chi connectivity index (χ4n) is 2.90. The summed E-state index contributed by atoms with van der Waals surface area (Å²) >= 11 is 0. The number of furan rings is 1. The van der Waals surface area contributed by atoms with E-state index in [0.29, 0.717) is 0 Å². The van der Waals surface area contributed by atoms with Gasteiger partial charge in [0.15, 0.2) is 0 Å². The van der Waals surface area contributed by atoms with Crippen LogP contribution in [-0.4, -0.2) is 6.54 Å². The van der Waals surface area contributed by atoms with Gasteiger partial charge in [-0.15, -0.1) is 0 Å². The molecule has 0 amide bonds. The SMILES string of the molecule is CCCNC(c1ccc2c(c1)CCC2)c1ccco1. The molecule has 1 N–H and O–H groups in total. The number of benzene rings is 1. The maximum atomic E-state index is 5.60. The molecule has 3 rings (SSSR count). The third-order valence-corrected chi connectivity index (χ3v) is 3.88. The van der Waals surface area contributed by atoms with Crippen molar-refractivity contribution in [1.82, 2.24) is 5.32 Å². The number of nitrogens with one attached hydrogen (secondary N) is 1. The maximum Gasteiger partial charge on any atom is 0.125 e. The molecular formula is C17H21NO. The molecule has 2 nitrogen and oxygen atoms in total. The number of hydrogen-bond acceptors (Lipinski definition) is 2. The van der Waals surface area contributed by atoms with E-state index in [1.54, 1.807) is 6.26 Å². The Morgan fingerprint density at radius 2 is 2.11 bits per heavy atom. The predicted octanol–water partition coefficient (Wildman–Crippen LogP) is 3.86. The third kappa shape index (κ3) is 2.59. The fraction of sp³-hybridized carbons (Fsp3) is 0.412. The van der Waals surface area contributed by atoms with Gasteiger partial charge in [0.1, 0.15) is 5.76 Å². The molecule has 0 fully saturated rings. The van der Waals surface area contributed by atoms with Crippen LogP contribution in [0.15, 0.2) is 41.0 Å². The Kier molecular flexibility index (Phi) is 3.69. The molecule has 1 aromatic carbocycles. The lowest BCUT2D eigenvalue weighted by Gasteiger charge is -2.17. The topological polar surface area (TPSA) is 25.2 Å². The Balaban J connectivity index is 1.90. The molecule has 0 radical (unpaired) electrons. The normalized spacial score (nSPS) is 15.4. The van der Waals surface area contributed by atoms with Crippen molar-refractivity contribution in [3.8, 4) is 0 Å². The van der Waals surface area contributed by atoms with Crippen molar-refractivity contribution in [3.05, 3.63) is 59.0 Å². The first-order valence-corrected chi connectivity index (χ1v) is 7.27. The summed E-state index contributed by atoms with van der Waals surface area (Å²) in [4.78, 5) is 0. The van der Waals surface area contributed by atoms with Gasteiger partial charge < -0.3 is 9.73 Å². The van der Waals surface area contributed by atoms with Crippen molar-refractivity contribution in [2.75, 3.05) is 6.54 Å². The van der Waals surface area contributed by atoms with Gasteiger partial charge in [-0.05, 0) is 61.1 Å². The second kappa shape index (κ2) is 5.62. The monoisotopic (exact) mass is 255 g/mol. The van der Waals surface area contributed by atoms with Crippen molar-refractivity contribution in [1.29, 1.82) is 0 Å². The van der Waals surface area contributed by atoms with Crippen molar-refractivity contribution >= 4 is 0 Å². The van der Waals surface area contributed by atoms with Gasteiger partial charge in [-0.25, -0.2) is 0 Å². The summed E-state index contributed by atoms with van der Waals surface area (Å²) in [5.41, 5.74) is 4.37. The first-order chi connectivity index (χ1) is 9.38. The molecule has 1 aliphatic rings. The van der Waals surface area contributed by atoms with Crippen LogP contribution >= 0.6 is 0 Å². The lowest BCUT2D eigenvalue weighted by molar-refractivity contribution is 0.446. The zero-order valence-corrected chi connectivity index (χ0v) is 11.5. The molecule has 1 unspecified atom stereocenters. The van der Waals surface area contributed by atoms with E-state index in [4.69, 9.17) is 4.42 Å². The molecule has 0 bridgehead atoms. The summed E-state index contributed by atoms with van der Waals surface area (Å²) in [5.74, 6) is 1.01. The van der Waals surface area contributed by atoms with E-state index in [1.165, 1.54) is 36.0 Å². The van der Waals surface area contributed by atoms with Gasteiger partial charge in [0.25, 0.3) is 0 Å². The quantitative estimate of drug-likeness (QED) is 0.877. The van der Waals surface area contributed by atoms with Crippen molar-refractivity contribution in [3.63, 3.8) is 0 Å². The van der Waals surface area contributed by atoms with E-state index in [-0.39, 0.29) is 6.04 Å². The summed E-state index contributed by atoms with van der Waals surface area (Å²) in [5, 5.41) is 3.59. The van der Waals surface area contributed by atoms with Crippen LogP contribution in [0.3, 0.4) is 0 Å². The fourth-order valence-corrected chi connectivity index (χ4v) is 2.90. The Hall–Kier alpha value is -1.54. The molecule has 1 atom stereocenters. The van der Waals surface area contributed by atoms with Crippen LogP contribution in [0.4, 0.5) is 0 Å². The van der Waals surface area contributed by atoms with Gasteiger partial charge in [0.05, 0.1) is 12.3 Å². The van der Waals surface area contributed by atoms with Crippen molar-refractivity contribution in [2.24, 2.45) is 0 Å². The van der Waals surface area contributed by atoms with Gasteiger partial charge in [-0.1, -0.05) is 25.1 Å². The summed E-state index contributed by atoms with van der Waals surface area (Å²) in [6.07, 6.45) is 6.64. The summed E-state index contributed by atoms with van der Waals surface area (Å²) in [7, 11) is 0. The molecule has 1 heterocycles. The molecule has 2 aromatic rings.